The van der Waals surface area contributed by atoms with E-state index in [1.807, 2.05) is 25.7 Å². The van der Waals surface area contributed by atoms with Gasteiger partial charge in [-0.2, -0.15) is 0 Å². The normalized spacial score (nSPS) is 15.2. The molecule has 3 heterocycles. The first-order valence-corrected chi connectivity index (χ1v) is 21.0. The number of pyridine rings is 1. The highest BCUT2D eigenvalue weighted by atomic mass is 32.2. The smallest absolute Gasteiger partial charge is 0.249 e. The third-order valence-corrected chi connectivity index (χ3v) is 16.8. The van der Waals surface area contributed by atoms with Crippen LogP contribution in [0.3, 0.4) is 0 Å². The number of halogens is 2. The number of rotatable bonds is 9. The Morgan fingerprint density at radius 3 is 2.24 bits per heavy atom. The van der Waals surface area contributed by atoms with Crippen molar-refractivity contribution in [1.82, 2.24) is 15.0 Å². The molecule has 0 saturated heterocycles. The minimum Gasteiger partial charge on any atom is -0.475 e. The number of anilines is 1. The van der Waals surface area contributed by atoms with E-state index in [9.17, 15) is 8.42 Å². The zero-order valence-electron chi connectivity index (χ0n) is 30.6. The lowest BCUT2D eigenvalue weighted by Crippen LogP contribution is -2.43. The molecule has 9 nitrogen and oxygen atoms in total. The van der Waals surface area contributed by atoms with E-state index in [0.29, 0.717) is 33.1 Å². The SMILES string of the molecule is COCOc1cc(-c2nc3c4c(nc(S(C)(=O)=O)nc4c2F)N(C(C)C)[C@@H](C)CO3)c2c(C#C[Si](C(C)C)(C(C)C)C(C)C)c(F)ccc2c1. The Balaban J connectivity index is 1.95. The highest BCUT2D eigenvalue weighted by Crippen LogP contribution is 2.44. The van der Waals surface area contributed by atoms with Crippen LogP contribution in [0.25, 0.3) is 32.9 Å². The fourth-order valence-corrected chi connectivity index (χ4v) is 13.2. The zero-order valence-corrected chi connectivity index (χ0v) is 32.4. The largest absolute Gasteiger partial charge is 0.475 e. The van der Waals surface area contributed by atoms with Crippen LogP contribution in [0.4, 0.5) is 14.6 Å². The fourth-order valence-electron chi connectivity index (χ4n) is 7.52. The lowest BCUT2D eigenvalue weighted by molar-refractivity contribution is 0.0512. The number of methoxy groups -OCH3 is 1. The third-order valence-electron chi connectivity index (χ3n) is 9.69. The van der Waals surface area contributed by atoms with Gasteiger partial charge < -0.3 is 19.1 Å². The lowest BCUT2D eigenvalue weighted by atomic mass is 9.95. The summed E-state index contributed by atoms with van der Waals surface area (Å²) in [7, 11) is -4.81. The second kappa shape index (κ2) is 14.0. The average Bonchev–Trinajstić information content (AvgIpc) is 3.17. The van der Waals surface area contributed by atoms with Gasteiger partial charge in [0.05, 0.1) is 11.6 Å². The Kier molecular flexibility index (Phi) is 10.5. The van der Waals surface area contributed by atoms with Crippen molar-refractivity contribution in [1.29, 1.82) is 0 Å². The van der Waals surface area contributed by atoms with Crippen molar-refractivity contribution in [3.05, 3.63) is 41.5 Å². The van der Waals surface area contributed by atoms with Gasteiger partial charge in [0.2, 0.25) is 20.9 Å². The molecule has 13 heteroatoms. The van der Waals surface area contributed by atoms with E-state index in [1.54, 1.807) is 18.2 Å². The Labute approximate surface area is 294 Å². The molecular formula is C37H46F2N4O5SSi. The standard InChI is InChI=1S/C37H46F2N4O5SSi/c1-20(2)43-24(9)18-47-36-31-34(41-37(42-35(31)43)49(11,44)45)32(39)33(40-36)28-17-26(48-19-46-10)16-25-12-13-29(38)27(30(25)28)14-15-50(21(3)4,22(5)6)23(7)8/h12-13,16-17,20-24H,18-19H2,1-11H3/t24-/m0/s1. The summed E-state index contributed by atoms with van der Waals surface area (Å²) >= 11 is 0. The van der Waals surface area contributed by atoms with Crippen LogP contribution < -0.4 is 14.4 Å². The number of benzene rings is 2. The third kappa shape index (κ3) is 6.53. The van der Waals surface area contributed by atoms with Crippen molar-refractivity contribution in [3.63, 3.8) is 0 Å². The maximum absolute atomic E-state index is 17.2. The van der Waals surface area contributed by atoms with Gasteiger partial charge in [-0.1, -0.05) is 53.5 Å². The molecule has 0 spiro atoms. The molecule has 2 aromatic carbocycles. The molecule has 4 aromatic rings. The van der Waals surface area contributed by atoms with Gasteiger partial charge in [-0.25, -0.2) is 32.2 Å². The monoisotopic (exact) mass is 724 g/mol. The Morgan fingerprint density at radius 1 is 1.00 bits per heavy atom. The average molecular weight is 725 g/mol. The van der Waals surface area contributed by atoms with Crippen LogP contribution in [0, 0.1) is 23.1 Å². The fraction of sp³-hybridized carbons (Fsp3) is 0.486. The molecule has 0 unspecified atom stereocenters. The summed E-state index contributed by atoms with van der Waals surface area (Å²) in [5, 5.41) is 0.500. The Morgan fingerprint density at radius 2 is 1.66 bits per heavy atom. The van der Waals surface area contributed by atoms with Gasteiger partial charge >= 0.3 is 0 Å². The summed E-state index contributed by atoms with van der Waals surface area (Å²) in [6, 6.07) is 5.80. The van der Waals surface area contributed by atoms with Crippen molar-refractivity contribution < 1.29 is 31.4 Å². The van der Waals surface area contributed by atoms with Crippen molar-refractivity contribution in [2.45, 2.75) is 96.2 Å². The summed E-state index contributed by atoms with van der Waals surface area (Å²) in [5.74, 6) is 2.35. The molecule has 0 fully saturated rings. The van der Waals surface area contributed by atoms with Crippen LogP contribution in [-0.2, 0) is 14.6 Å². The van der Waals surface area contributed by atoms with E-state index >= 15 is 8.78 Å². The van der Waals surface area contributed by atoms with Crippen LogP contribution in [0.15, 0.2) is 29.4 Å². The Bertz CT molecular complexity index is 2110. The van der Waals surface area contributed by atoms with Gasteiger partial charge in [0.1, 0.15) is 48.7 Å². The predicted octanol–water partition coefficient (Wildman–Crippen LogP) is 8.07. The summed E-state index contributed by atoms with van der Waals surface area (Å²) < 4.78 is 76.2. The molecule has 0 radical (unpaired) electrons. The summed E-state index contributed by atoms with van der Waals surface area (Å²) in [6.07, 6.45) is 0.977. The molecule has 5 rings (SSSR count). The van der Waals surface area contributed by atoms with Crippen molar-refractivity contribution >= 4 is 45.4 Å². The summed E-state index contributed by atoms with van der Waals surface area (Å²) in [5.41, 5.74) is 4.29. The van der Waals surface area contributed by atoms with Crippen LogP contribution in [0.5, 0.6) is 11.6 Å². The number of hydrogen-bond donors (Lipinski definition) is 0. The molecule has 2 aromatic heterocycles. The maximum atomic E-state index is 17.2. The first-order chi connectivity index (χ1) is 23.4. The van der Waals surface area contributed by atoms with Crippen molar-refractivity contribution in [3.8, 4) is 34.4 Å². The van der Waals surface area contributed by atoms with E-state index in [0.717, 1.165) is 6.26 Å². The van der Waals surface area contributed by atoms with Crippen LogP contribution in [0.1, 0.15) is 67.9 Å². The van der Waals surface area contributed by atoms with Gasteiger partial charge in [-0.3, -0.25) is 0 Å². The zero-order chi connectivity index (χ0) is 36.9. The van der Waals surface area contributed by atoms with Gasteiger partial charge in [-0.15, -0.1) is 5.54 Å². The minimum atomic E-state index is -3.97. The second-order valence-electron chi connectivity index (χ2n) is 14.3. The van der Waals surface area contributed by atoms with Crippen molar-refractivity contribution in [2.24, 2.45) is 0 Å². The molecule has 0 bridgehead atoms. The molecule has 1 aliphatic heterocycles. The van der Waals surface area contributed by atoms with Gasteiger partial charge in [-0.05, 0) is 61.0 Å². The number of sulfone groups is 1. The van der Waals surface area contributed by atoms with Crippen LogP contribution >= 0.6 is 0 Å². The number of aromatic nitrogens is 3. The number of fused-ring (bicyclic) bond motifs is 1. The van der Waals surface area contributed by atoms with Crippen molar-refractivity contribution in [2.75, 3.05) is 31.7 Å². The summed E-state index contributed by atoms with van der Waals surface area (Å²) in [6.45, 7) is 18.9. The van der Waals surface area contributed by atoms with E-state index in [-0.39, 0.29) is 64.9 Å². The highest BCUT2D eigenvalue weighted by molar-refractivity contribution is 7.90. The van der Waals surface area contributed by atoms with E-state index in [4.69, 9.17) is 19.2 Å². The first kappa shape index (κ1) is 37.4. The molecule has 50 heavy (non-hydrogen) atoms. The summed E-state index contributed by atoms with van der Waals surface area (Å²) in [4.78, 5) is 15.3. The predicted molar refractivity (Wildman–Crippen MR) is 196 cm³/mol. The molecule has 0 saturated carbocycles. The second-order valence-corrected chi connectivity index (χ2v) is 21.7. The lowest BCUT2D eigenvalue weighted by Gasteiger charge is -2.38. The maximum Gasteiger partial charge on any atom is 0.249 e. The van der Waals surface area contributed by atoms with Gasteiger partial charge in [0.15, 0.2) is 12.6 Å². The molecule has 0 aliphatic carbocycles. The highest BCUT2D eigenvalue weighted by Gasteiger charge is 2.42. The molecule has 0 amide bonds. The molecule has 268 valence electrons. The Hall–Kier alpha value is -3.86. The topological polar surface area (TPSA) is 104 Å². The minimum absolute atomic E-state index is 0.0349. The van der Waals surface area contributed by atoms with E-state index < -0.39 is 34.7 Å². The quantitative estimate of drug-likeness (QED) is 0.0734. The van der Waals surface area contributed by atoms with Gasteiger partial charge in [0.25, 0.3) is 0 Å². The number of hydrogen-bond acceptors (Lipinski definition) is 9. The van der Waals surface area contributed by atoms with E-state index in [1.165, 1.54) is 13.2 Å². The number of ether oxygens (including phenoxy) is 3. The molecule has 1 atom stereocenters. The van der Waals surface area contributed by atoms with Crippen LogP contribution in [-0.4, -0.2) is 70.3 Å². The molecule has 1 aliphatic rings. The first-order valence-electron chi connectivity index (χ1n) is 16.9. The van der Waals surface area contributed by atoms with Crippen LogP contribution in [0.2, 0.25) is 16.6 Å². The molecular weight excluding hydrogens is 679 g/mol. The number of nitrogens with zero attached hydrogens (tertiary/aromatic N) is 4. The van der Waals surface area contributed by atoms with Gasteiger partial charge in [0, 0.05) is 30.4 Å². The van der Waals surface area contributed by atoms with E-state index in [2.05, 4.69) is 63.0 Å². The molecule has 0 N–H and O–H groups in total.